The Morgan fingerprint density at radius 2 is 2.35 bits per heavy atom. The summed E-state index contributed by atoms with van der Waals surface area (Å²) in [7, 11) is 0. The monoisotopic (exact) mass is 256 g/mol. The third-order valence-electron chi connectivity index (χ3n) is 1.78. The molecule has 0 saturated carbocycles. The highest BCUT2D eigenvalue weighted by atomic mass is 35.5. The Kier molecular flexibility index (Phi) is 3.96. The van der Waals surface area contributed by atoms with Crippen LogP contribution in [0.3, 0.4) is 0 Å². The van der Waals surface area contributed by atoms with Crippen LogP contribution in [0.5, 0.6) is 0 Å². The van der Waals surface area contributed by atoms with Crippen LogP contribution in [0.2, 0.25) is 0 Å². The molecule has 88 valence electrons. The molecule has 1 aromatic carbocycles. The smallest absolute Gasteiger partial charge is 0.296 e. The summed E-state index contributed by atoms with van der Waals surface area (Å²) in [5.41, 5.74) is 4.10. The first-order chi connectivity index (χ1) is 7.99. The summed E-state index contributed by atoms with van der Waals surface area (Å²) in [5.74, 6) is -1.13. The van der Waals surface area contributed by atoms with Gasteiger partial charge in [-0.2, -0.15) is 5.26 Å². The van der Waals surface area contributed by atoms with Gasteiger partial charge in [0.05, 0.1) is 16.4 Å². The van der Waals surface area contributed by atoms with Crippen LogP contribution in [0, 0.1) is 27.3 Å². The van der Waals surface area contributed by atoms with Crippen LogP contribution >= 0.6 is 11.6 Å². The maximum Gasteiger partial charge on any atom is 0.296 e. The van der Waals surface area contributed by atoms with E-state index in [0.717, 1.165) is 12.1 Å². The summed E-state index contributed by atoms with van der Waals surface area (Å²) in [6, 6.07) is 3.07. The summed E-state index contributed by atoms with van der Waals surface area (Å²) < 4.78 is 13.3. The van der Waals surface area contributed by atoms with E-state index in [4.69, 9.17) is 22.6 Å². The molecule has 0 spiro atoms. The summed E-state index contributed by atoms with van der Waals surface area (Å²) in [6.07, 6.45) is 0. The minimum Gasteiger partial charge on any atom is -0.386 e. The normalized spacial score (nSPS) is 11.0. The molecule has 0 aliphatic carbocycles. The average Bonchev–Trinajstić information content (AvgIpc) is 2.28. The molecule has 0 unspecified atom stereocenters. The van der Waals surface area contributed by atoms with Crippen molar-refractivity contribution in [2.45, 2.75) is 0 Å². The Labute approximate surface area is 100 Å². The first-order valence-corrected chi connectivity index (χ1v) is 4.80. The van der Waals surface area contributed by atoms with Gasteiger partial charge >= 0.3 is 0 Å². The second-order valence-corrected chi connectivity index (χ2v) is 3.19. The molecule has 17 heavy (non-hydrogen) atoms. The Hall–Kier alpha value is -2.20. The molecule has 0 heterocycles. The molecule has 1 rings (SSSR count). The fourth-order valence-electron chi connectivity index (χ4n) is 1.06. The van der Waals surface area contributed by atoms with E-state index in [2.05, 4.69) is 4.99 Å². The van der Waals surface area contributed by atoms with Crippen molar-refractivity contribution in [3.63, 3.8) is 0 Å². The first kappa shape index (κ1) is 12.9. The van der Waals surface area contributed by atoms with Crippen molar-refractivity contribution in [2.75, 3.05) is 5.88 Å². The lowest BCUT2D eigenvalue weighted by Gasteiger charge is -2.00. The van der Waals surface area contributed by atoms with Crippen molar-refractivity contribution < 1.29 is 9.31 Å². The van der Waals surface area contributed by atoms with E-state index >= 15 is 0 Å². The van der Waals surface area contributed by atoms with Crippen LogP contribution in [-0.4, -0.2) is 16.6 Å². The van der Waals surface area contributed by atoms with E-state index in [1.807, 2.05) is 0 Å². The largest absolute Gasteiger partial charge is 0.386 e. The highest BCUT2D eigenvalue weighted by Gasteiger charge is 2.18. The number of hydrogen-bond donors (Lipinski definition) is 1. The third-order valence-corrected chi connectivity index (χ3v) is 2.06. The molecular formula is C9H6ClFN4O2. The molecule has 0 aromatic heterocycles. The fraction of sp³-hybridized carbons (Fsp3) is 0.111. The van der Waals surface area contributed by atoms with Gasteiger partial charge in [-0.05, 0) is 0 Å². The van der Waals surface area contributed by atoms with E-state index in [1.54, 1.807) is 0 Å². The van der Waals surface area contributed by atoms with Crippen LogP contribution in [-0.2, 0) is 0 Å². The Morgan fingerprint density at radius 3 is 2.82 bits per heavy atom. The number of amidine groups is 1. The molecule has 0 aliphatic rings. The first-order valence-electron chi connectivity index (χ1n) is 4.26. The van der Waals surface area contributed by atoms with Gasteiger partial charge in [0.15, 0.2) is 0 Å². The highest BCUT2D eigenvalue weighted by molar-refractivity contribution is 6.28. The number of hydrogen-bond acceptors (Lipinski definition) is 4. The van der Waals surface area contributed by atoms with Gasteiger partial charge in [0.1, 0.15) is 23.4 Å². The average molecular weight is 257 g/mol. The van der Waals surface area contributed by atoms with Gasteiger partial charge < -0.3 is 5.73 Å². The van der Waals surface area contributed by atoms with E-state index in [1.165, 1.54) is 6.07 Å². The second kappa shape index (κ2) is 5.23. The van der Waals surface area contributed by atoms with E-state index in [0.29, 0.717) is 0 Å². The molecule has 6 nitrogen and oxygen atoms in total. The van der Waals surface area contributed by atoms with Crippen molar-refractivity contribution in [2.24, 2.45) is 10.7 Å². The van der Waals surface area contributed by atoms with Crippen LogP contribution in [0.4, 0.5) is 15.8 Å². The molecule has 0 aliphatic heterocycles. The zero-order chi connectivity index (χ0) is 13.0. The second-order valence-electron chi connectivity index (χ2n) is 2.93. The Bertz CT molecular complexity index is 539. The van der Waals surface area contributed by atoms with Crippen LogP contribution in [0.15, 0.2) is 17.1 Å². The number of nitro benzene ring substituents is 1. The van der Waals surface area contributed by atoms with Gasteiger partial charge in [-0.15, -0.1) is 11.6 Å². The predicted molar refractivity (Wildman–Crippen MR) is 59.8 cm³/mol. The van der Waals surface area contributed by atoms with Gasteiger partial charge in [0, 0.05) is 12.1 Å². The van der Waals surface area contributed by atoms with Gasteiger partial charge in [-0.1, -0.05) is 0 Å². The zero-order valence-corrected chi connectivity index (χ0v) is 9.11. The lowest BCUT2D eigenvalue weighted by molar-refractivity contribution is -0.384. The molecule has 8 heteroatoms. The van der Waals surface area contributed by atoms with E-state index in [9.17, 15) is 14.5 Å². The summed E-state index contributed by atoms with van der Waals surface area (Å²) in [4.78, 5) is 13.5. The van der Waals surface area contributed by atoms with Crippen molar-refractivity contribution in [1.82, 2.24) is 0 Å². The maximum absolute atomic E-state index is 13.3. The maximum atomic E-state index is 13.3. The van der Waals surface area contributed by atoms with E-state index < -0.39 is 22.0 Å². The zero-order valence-electron chi connectivity index (χ0n) is 8.35. The van der Waals surface area contributed by atoms with E-state index in [-0.39, 0.29) is 17.4 Å². The molecule has 0 fully saturated rings. The number of nitrogens with two attached hydrogens (primary N) is 1. The SMILES string of the molecule is N#Cc1cc([N+](=O)[O-])c(N=C(N)CCl)cc1F. The summed E-state index contributed by atoms with van der Waals surface area (Å²) in [5, 5.41) is 19.3. The van der Waals surface area contributed by atoms with Crippen molar-refractivity contribution in [3.05, 3.63) is 33.6 Å². The van der Waals surface area contributed by atoms with Gasteiger partial charge in [0.2, 0.25) is 0 Å². The fourth-order valence-corrected chi connectivity index (χ4v) is 1.12. The Morgan fingerprint density at radius 1 is 1.71 bits per heavy atom. The van der Waals surface area contributed by atoms with Gasteiger partial charge in [-0.3, -0.25) is 10.1 Å². The number of benzene rings is 1. The highest BCUT2D eigenvalue weighted by Crippen LogP contribution is 2.30. The summed E-state index contributed by atoms with van der Waals surface area (Å²) >= 11 is 5.36. The van der Waals surface area contributed by atoms with Crippen LogP contribution in [0.1, 0.15) is 5.56 Å². The molecule has 1 aromatic rings. The van der Waals surface area contributed by atoms with Crippen LogP contribution in [0.25, 0.3) is 0 Å². The number of nitriles is 1. The molecular weight excluding hydrogens is 251 g/mol. The minimum atomic E-state index is -0.903. The van der Waals surface area contributed by atoms with Gasteiger partial charge in [-0.25, -0.2) is 9.38 Å². The predicted octanol–water partition coefficient (Wildman–Crippen LogP) is 1.83. The topological polar surface area (TPSA) is 105 Å². The molecule has 0 atom stereocenters. The summed E-state index contributed by atoms with van der Waals surface area (Å²) in [6.45, 7) is 0. The van der Waals surface area contributed by atoms with Crippen molar-refractivity contribution in [1.29, 1.82) is 5.26 Å². The lowest BCUT2D eigenvalue weighted by Crippen LogP contribution is -2.12. The van der Waals surface area contributed by atoms with Crippen molar-refractivity contribution in [3.8, 4) is 6.07 Å². The molecule has 0 radical (unpaired) electrons. The standard InChI is InChI=1S/C9H6ClFN4O2/c10-3-9(13)14-7-2-6(11)5(4-12)1-8(7)15(16)17/h1-2H,3H2,(H2,13,14). The number of alkyl halides is 1. The molecule has 0 amide bonds. The number of rotatable bonds is 3. The molecule has 0 saturated heterocycles. The molecule has 2 N–H and O–H groups in total. The number of nitro groups is 1. The van der Waals surface area contributed by atoms with Crippen LogP contribution < -0.4 is 5.73 Å². The number of aliphatic imine (C=N–C) groups is 1. The van der Waals surface area contributed by atoms with Crippen molar-refractivity contribution >= 4 is 28.8 Å². The number of nitrogens with zero attached hydrogens (tertiary/aromatic N) is 3. The quantitative estimate of drug-likeness (QED) is 0.293. The molecule has 0 bridgehead atoms. The van der Waals surface area contributed by atoms with Gasteiger partial charge in [0.25, 0.3) is 5.69 Å². The third kappa shape index (κ3) is 2.89. The number of halogens is 2. The lowest BCUT2D eigenvalue weighted by atomic mass is 10.2. The Balaban J connectivity index is 3.45. The minimum absolute atomic E-state index is 0.0844.